The van der Waals surface area contributed by atoms with Crippen LogP contribution < -0.4 is 39.4 Å². The SMILES string of the molecule is CCCCCCc1cc(Oc2ccccc2)c(S(=O)(=O)O)cc1[O-].[Na+]. The van der Waals surface area contributed by atoms with Gasteiger partial charge >= 0.3 is 29.6 Å². The largest absolute Gasteiger partial charge is 1.00 e. The van der Waals surface area contributed by atoms with Gasteiger partial charge in [0.25, 0.3) is 10.1 Å². The number of hydrogen-bond acceptors (Lipinski definition) is 4. The summed E-state index contributed by atoms with van der Waals surface area (Å²) in [6, 6.07) is 11.0. The monoisotopic (exact) mass is 372 g/mol. The molecule has 0 spiro atoms. The Morgan fingerprint density at radius 3 is 2.36 bits per heavy atom. The van der Waals surface area contributed by atoms with Crippen molar-refractivity contribution in [1.29, 1.82) is 0 Å². The molecule has 0 radical (unpaired) electrons. The van der Waals surface area contributed by atoms with Crippen LogP contribution in [0.2, 0.25) is 0 Å². The van der Waals surface area contributed by atoms with E-state index in [1.54, 1.807) is 30.3 Å². The van der Waals surface area contributed by atoms with E-state index >= 15 is 0 Å². The van der Waals surface area contributed by atoms with Gasteiger partial charge in [-0.15, -0.1) is 5.75 Å². The minimum absolute atomic E-state index is 0. The maximum absolute atomic E-state index is 12.1. The first kappa shape index (κ1) is 22.0. The predicted octanol–water partition coefficient (Wildman–Crippen LogP) is 0.926. The van der Waals surface area contributed by atoms with Crippen molar-refractivity contribution >= 4 is 10.1 Å². The number of ether oxygens (including phenoxy) is 1. The number of aryl methyl sites for hydroxylation is 1. The van der Waals surface area contributed by atoms with Crippen LogP contribution in [0.3, 0.4) is 0 Å². The van der Waals surface area contributed by atoms with Gasteiger partial charge in [0.15, 0.2) is 0 Å². The molecule has 0 aliphatic carbocycles. The Kier molecular flexibility index (Phi) is 8.96. The molecule has 0 aliphatic rings. The molecule has 2 aromatic carbocycles. The molecule has 7 heteroatoms. The first-order valence-corrected chi connectivity index (χ1v) is 9.40. The summed E-state index contributed by atoms with van der Waals surface area (Å²) in [4.78, 5) is -0.506. The van der Waals surface area contributed by atoms with Gasteiger partial charge in [-0.2, -0.15) is 8.42 Å². The Labute approximate surface area is 171 Å². The molecule has 0 unspecified atom stereocenters. The zero-order valence-corrected chi connectivity index (χ0v) is 17.4. The third-order valence-corrected chi connectivity index (χ3v) is 4.55. The topological polar surface area (TPSA) is 86.7 Å². The molecule has 0 amide bonds. The standard InChI is InChI=1S/C18H22O5S.Na/c1-2-3-4-6-9-14-12-17(23-15-10-7-5-8-11-15)18(13-16(14)19)24(20,21)22;/h5,7-8,10-13,19H,2-4,6,9H2,1H3,(H,20,21,22);/q;+1/p-1. The molecule has 2 aromatic rings. The van der Waals surface area contributed by atoms with Gasteiger partial charge in [-0.1, -0.05) is 49.9 Å². The van der Waals surface area contributed by atoms with Crippen LogP contribution in [0.4, 0.5) is 0 Å². The quantitative estimate of drug-likeness (QED) is 0.423. The van der Waals surface area contributed by atoms with E-state index in [1.807, 2.05) is 0 Å². The van der Waals surface area contributed by atoms with Gasteiger partial charge in [-0.3, -0.25) is 4.55 Å². The van der Waals surface area contributed by atoms with E-state index in [0.29, 0.717) is 17.7 Å². The van der Waals surface area contributed by atoms with Gasteiger partial charge in [0.1, 0.15) is 16.4 Å². The van der Waals surface area contributed by atoms with Crippen LogP contribution in [0.5, 0.6) is 17.2 Å². The maximum atomic E-state index is 12.1. The molecular weight excluding hydrogens is 351 g/mol. The molecule has 2 rings (SSSR count). The van der Waals surface area contributed by atoms with Crippen molar-refractivity contribution in [2.75, 3.05) is 0 Å². The van der Waals surface area contributed by atoms with Gasteiger partial charge in [0, 0.05) is 0 Å². The summed E-state index contributed by atoms with van der Waals surface area (Å²) in [5.74, 6) is -0.00805. The average Bonchev–Trinajstić information content (AvgIpc) is 2.54. The second-order valence-corrected chi connectivity index (χ2v) is 7.00. The van der Waals surface area contributed by atoms with Gasteiger partial charge in [0.05, 0.1) is 0 Å². The van der Waals surface area contributed by atoms with Crippen LogP contribution in [-0.2, 0) is 16.5 Å². The third-order valence-electron chi connectivity index (χ3n) is 3.68. The maximum Gasteiger partial charge on any atom is 1.00 e. The zero-order chi connectivity index (χ0) is 17.6. The molecule has 0 heterocycles. The summed E-state index contributed by atoms with van der Waals surface area (Å²) in [7, 11) is -4.55. The number of rotatable bonds is 8. The fraction of sp³-hybridized carbons (Fsp3) is 0.333. The van der Waals surface area contributed by atoms with Gasteiger partial charge < -0.3 is 9.84 Å². The molecule has 0 saturated carbocycles. The summed E-state index contributed by atoms with van der Waals surface area (Å²) in [6.45, 7) is 2.10. The van der Waals surface area contributed by atoms with E-state index in [1.165, 1.54) is 6.07 Å². The van der Waals surface area contributed by atoms with Gasteiger partial charge in [-0.05, 0) is 37.1 Å². The third kappa shape index (κ3) is 6.64. The molecule has 0 atom stereocenters. The van der Waals surface area contributed by atoms with Crippen LogP contribution >= 0.6 is 0 Å². The Morgan fingerprint density at radius 2 is 1.76 bits per heavy atom. The summed E-state index contributed by atoms with van der Waals surface area (Å²) in [6.07, 6.45) is 4.58. The molecule has 1 N–H and O–H groups in total. The van der Waals surface area contributed by atoms with E-state index in [9.17, 15) is 18.1 Å². The van der Waals surface area contributed by atoms with Crippen LogP contribution in [0, 0.1) is 0 Å². The molecular formula is C18H21NaO5S. The Morgan fingerprint density at radius 1 is 1.08 bits per heavy atom. The minimum Gasteiger partial charge on any atom is -0.872 e. The van der Waals surface area contributed by atoms with Crippen LogP contribution in [0.25, 0.3) is 0 Å². The van der Waals surface area contributed by atoms with Crippen LogP contribution in [0.15, 0.2) is 47.4 Å². The second-order valence-electron chi connectivity index (χ2n) is 5.61. The van der Waals surface area contributed by atoms with Crippen molar-refractivity contribution in [1.82, 2.24) is 0 Å². The molecule has 25 heavy (non-hydrogen) atoms. The minimum atomic E-state index is -4.55. The van der Waals surface area contributed by atoms with E-state index in [2.05, 4.69) is 6.92 Å². The Bertz CT molecular complexity index is 776. The normalized spacial score (nSPS) is 11.0. The van der Waals surface area contributed by atoms with Crippen molar-refractivity contribution < 1.29 is 52.4 Å². The van der Waals surface area contributed by atoms with Crippen molar-refractivity contribution in [2.45, 2.75) is 43.9 Å². The zero-order valence-electron chi connectivity index (χ0n) is 14.6. The molecule has 0 bridgehead atoms. The second kappa shape index (κ2) is 10.2. The molecule has 5 nitrogen and oxygen atoms in total. The van der Waals surface area contributed by atoms with Crippen molar-refractivity contribution in [3.63, 3.8) is 0 Å². The van der Waals surface area contributed by atoms with Crippen molar-refractivity contribution in [3.05, 3.63) is 48.0 Å². The van der Waals surface area contributed by atoms with E-state index in [0.717, 1.165) is 31.7 Å². The summed E-state index contributed by atoms with van der Waals surface area (Å²) in [5, 5.41) is 12.1. The smallest absolute Gasteiger partial charge is 0.872 e. The molecule has 0 aliphatic heterocycles. The molecule has 0 saturated heterocycles. The van der Waals surface area contributed by atoms with Gasteiger partial charge in [0.2, 0.25) is 0 Å². The van der Waals surface area contributed by atoms with Crippen LogP contribution in [-0.4, -0.2) is 13.0 Å². The average molecular weight is 372 g/mol. The molecule has 130 valence electrons. The fourth-order valence-electron chi connectivity index (χ4n) is 2.42. The Hall–Kier alpha value is -1.05. The number of benzene rings is 2. The van der Waals surface area contributed by atoms with E-state index < -0.39 is 20.8 Å². The van der Waals surface area contributed by atoms with Gasteiger partial charge in [-0.25, -0.2) is 0 Å². The first-order chi connectivity index (χ1) is 11.4. The van der Waals surface area contributed by atoms with E-state index in [4.69, 9.17) is 4.74 Å². The molecule has 0 aromatic heterocycles. The number of unbranched alkanes of at least 4 members (excludes halogenated alkanes) is 3. The molecule has 0 fully saturated rings. The summed E-state index contributed by atoms with van der Waals surface area (Å²) < 4.78 is 38.0. The fourth-order valence-corrected chi connectivity index (χ4v) is 3.03. The summed E-state index contributed by atoms with van der Waals surface area (Å²) in [5.41, 5.74) is 0.490. The van der Waals surface area contributed by atoms with Crippen LogP contribution in [0.1, 0.15) is 38.2 Å². The first-order valence-electron chi connectivity index (χ1n) is 7.96. The van der Waals surface area contributed by atoms with Crippen molar-refractivity contribution in [3.8, 4) is 17.2 Å². The number of hydrogen-bond donors (Lipinski definition) is 1. The number of para-hydroxylation sites is 1. The predicted molar refractivity (Wildman–Crippen MR) is 90.1 cm³/mol. The van der Waals surface area contributed by atoms with Crippen molar-refractivity contribution in [2.24, 2.45) is 0 Å². The summed E-state index contributed by atoms with van der Waals surface area (Å²) >= 11 is 0. The Balaban J connectivity index is 0.00000312. The van der Waals surface area contributed by atoms with E-state index in [-0.39, 0.29) is 35.3 Å².